The van der Waals surface area contributed by atoms with Crippen molar-refractivity contribution in [2.75, 3.05) is 25.5 Å². The molecule has 0 aliphatic carbocycles. The summed E-state index contributed by atoms with van der Waals surface area (Å²) in [6.07, 6.45) is 1.14. The van der Waals surface area contributed by atoms with Crippen molar-refractivity contribution >= 4 is 16.7 Å². The van der Waals surface area contributed by atoms with Crippen LogP contribution in [-0.2, 0) is 24.3 Å². The van der Waals surface area contributed by atoms with E-state index in [0.29, 0.717) is 12.6 Å². The van der Waals surface area contributed by atoms with E-state index in [2.05, 4.69) is 50.8 Å². The lowest BCUT2D eigenvalue weighted by molar-refractivity contribution is 0.179. The average Bonchev–Trinajstić information content (AvgIpc) is 3.00. The van der Waals surface area contributed by atoms with Crippen molar-refractivity contribution < 1.29 is 4.74 Å². The summed E-state index contributed by atoms with van der Waals surface area (Å²) >= 11 is 1.40. The first-order chi connectivity index (χ1) is 10.8. The van der Waals surface area contributed by atoms with Gasteiger partial charge in [-0.05, 0) is 24.5 Å². The average molecular weight is 318 g/mol. The van der Waals surface area contributed by atoms with Gasteiger partial charge in [0.2, 0.25) is 5.13 Å². The molecule has 1 aromatic carbocycles. The Morgan fingerprint density at radius 2 is 2.18 bits per heavy atom. The highest BCUT2D eigenvalue weighted by Crippen LogP contribution is 2.20. The van der Waals surface area contributed by atoms with Crippen LogP contribution in [0.15, 0.2) is 24.3 Å². The van der Waals surface area contributed by atoms with Crippen molar-refractivity contribution in [2.45, 2.75) is 32.5 Å². The van der Waals surface area contributed by atoms with E-state index < -0.39 is 0 Å². The molecule has 0 radical (unpaired) electrons. The van der Waals surface area contributed by atoms with Crippen molar-refractivity contribution in [3.63, 3.8) is 0 Å². The normalized spacial score (nSPS) is 16.3. The molecule has 0 spiro atoms. The van der Waals surface area contributed by atoms with E-state index in [1.165, 1.54) is 22.7 Å². The maximum Gasteiger partial charge on any atom is 0.202 e. The van der Waals surface area contributed by atoms with Gasteiger partial charge < -0.3 is 10.1 Å². The Bertz CT molecular complexity index is 616. The van der Waals surface area contributed by atoms with E-state index in [-0.39, 0.29) is 0 Å². The van der Waals surface area contributed by atoms with Gasteiger partial charge >= 0.3 is 0 Å². The maximum absolute atomic E-state index is 5.04. The first-order valence-corrected chi connectivity index (χ1v) is 8.40. The number of nitrogens with one attached hydrogen (secondary N) is 1. The number of hydrogen-bond acceptors (Lipinski definition) is 6. The molecule has 1 aliphatic heterocycles. The number of hydrogen-bond donors (Lipinski definition) is 1. The highest BCUT2D eigenvalue weighted by molar-refractivity contribution is 7.09. The molecule has 0 saturated heterocycles. The van der Waals surface area contributed by atoms with Crippen LogP contribution in [0.4, 0.5) is 5.13 Å². The number of fused-ring (bicyclic) bond motifs is 1. The van der Waals surface area contributed by atoms with Gasteiger partial charge in [-0.25, -0.2) is 4.98 Å². The van der Waals surface area contributed by atoms with Gasteiger partial charge in [0.25, 0.3) is 0 Å². The second kappa shape index (κ2) is 7.17. The fourth-order valence-corrected chi connectivity index (χ4v) is 3.35. The second-order valence-electron chi connectivity index (χ2n) is 5.67. The molecule has 0 fully saturated rings. The predicted octanol–water partition coefficient (Wildman–Crippen LogP) is 2.54. The molecule has 2 heterocycles. The molecule has 1 N–H and O–H groups in total. The smallest absolute Gasteiger partial charge is 0.202 e. The van der Waals surface area contributed by atoms with Gasteiger partial charge in [-0.3, -0.25) is 4.90 Å². The zero-order valence-electron chi connectivity index (χ0n) is 13.1. The van der Waals surface area contributed by atoms with Crippen molar-refractivity contribution in [3.8, 4) is 0 Å². The Labute approximate surface area is 135 Å². The van der Waals surface area contributed by atoms with E-state index >= 15 is 0 Å². The van der Waals surface area contributed by atoms with Crippen LogP contribution in [0.2, 0.25) is 0 Å². The van der Waals surface area contributed by atoms with Gasteiger partial charge in [0, 0.05) is 44.3 Å². The fraction of sp³-hybridized carbons (Fsp3) is 0.500. The summed E-state index contributed by atoms with van der Waals surface area (Å²) < 4.78 is 9.30. The number of methoxy groups -OCH3 is 1. The summed E-state index contributed by atoms with van der Waals surface area (Å²) in [5.74, 6) is 0.745. The van der Waals surface area contributed by atoms with Gasteiger partial charge in [-0.1, -0.05) is 24.3 Å². The van der Waals surface area contributed by atoms with Gasteiger partial charge in [0.15, 0.2) is 5.82 Å². The largest absolute Gasteiger partial charge is 0.377 e. The highest BCUT2D eigenvalue weighted by atomic mass is 32.1. The minimum atomic E-state index is 0.461. The van der Waals surface area contributed by atoms with Gasteiger partial charge in [0.05, 0.1) is 0 Å². The van der Waals surface area contributed by atoms with Crippen molar-refractivity contribution in [3.05, 3.63) is 41.2 Å². The first-order valence-electron chi connectivity index (χ1n) is 7.62. The molecule has 1 atom stereocenters. The van der Waals surface area contributed by atoms with Gasteiger partial charge in [0.1, 0.15) is 6.61 Å². The maximum atomic E-state index is 5.04. The molecule has 1 unspecified atom stereocenters. The molecule has 0 saturated carbocycles. The number of ether oxygens (including phenoxy) is 1. The van der Waals surface area contributed by atoms with Crippen molar-refractivity contribution in [2.24, 2.45) is 0 Å². The lowest BCUT2D eigenvalue weighted by Crippen LogP contribution is -2.41. The molecule has 6 heteroatoms. The molecule has 118 valence electrons. The topological polar surface area (TPSA) is 50.3 Å². The lowest BCUT2D eigenvalue weighted by atomic mass is 9.99. The summed E-state index contributed by atoms with van der Waals surface area (Å²) in [5, 5.41) is 4.26. The molecule has 22 heavy (non-hydrogen) atoms. The zero-order valence-corrected chi connectivity index (χ0v) is 13.9. The SMILES string of the molecule is COCc1nsc(NCC(C)N2CCc3ccccc3C2)n1. The van der Waals surface area contributed by atoms with Crippen molar-refractivity contribution in [1.29, 1.82) is 0 Å². The summed E-state index contributed by atoms with van der Waals surface area (Å²) in [6.45, 7) is 5.76. The van der Waals surface area contributed by atoms with Crippen LogP contribution in [0, 0.1) is 0 Å². The van der Waals surface area contributed by atoms with E-state index in [4.69, 9.17) is 4.74 Å². The van der Waals surface area contributed by atoms with Crippen LogP contribution >= 0.6 is 11.5 Å². The van der Waals surface area contributed by atoms with E-state index in [1.54, 1.807) is 7.11 Å². The van der Waals surface area contributed by atoms with Crippen LogP contribution in [0.25, 0.3) is 0 Å². The number of nitrogens with zero attached hydrogens (tertiary/aromatic N) is 3. The van der Waals surface area contributed by atoms with Gasteiger partial charge in [-0.15, -0.1) is 0 Å². The monoisotopic (exact) mass is 318 g/mol. The quantitative estimate of drug-likeness (QED) is 0.887. The third kappa shape index (κ3) is 3.63. The molecule has 0 amide bonds. The third-order valence-corrected chi connectivity index (χ3v) is 4.78. The number of rotatable bonds is 6. The molecular weight excluding hydrogens is 296 g/mol. The molecule has 3 rings (SSSR count). The Morgan fingerprint density at radius 1 is 1.36 bits per heavy atom. The molecule has 1 aliphatic rings. The number of anilines is 1. The van der Waals surface area contributed by atoms with Crippen LogP contribution in [0.3, 0.4) is 0 Å². The van der Waals surface area contributed by atoms with Gasteiger partial charge in [-0.2, -0.15) is 4.37 Å². The van der Waals surface area contributed by atoms with E-state index in [1.807, 2.05) is 0 Å². The summed E-state index contributed by atoms with van der Waals surface area (Å²) in [4.78, 5) is 6.93. The summed E-state index contributed by atoms with van der Waals surface area (Å²) in [6, 6.07) is 9.21. The molecule has 0 bridgehead atoms. The highest BCUT2D eigenvalue weighted by Gasteiger charge is 2.20. The van der Waals surface area contributed by atoms with E-state index in [9.17, 15) is 0 Å². The van der Waals surface area contributed by atoms with E-state index in [0.717, 1.165) is 37.0 Å². The first kappa shape index (κ1) is 15.4. The predicted molar refractivity (Wildman–Crippen MR) is 89.1 cm³/mol. The van der Waals surface area contributed by atoms with Crippen molar-refractivity contribution in [1.82, 2.24) is 14.3 Å². The molecular formula is C16H22N4OS. The summed E-state index contributed by atoms with van der Waals surface area (Å²) in [5.41, 5.74) is 2.95. The second-order valence-corrected chi connectivity index (χ2v) is 6.42. The molecule has 2 aromatic rings. The Kier molecular flexibility index (Phi) is 5.02. The van der Waals surface area contributed by atoms with Crippen LogP contribution < -0.4 is 5.32 Å². The van der Waals surface area contributed by atoms with Crippen LogP contribution in [-0.4, -0.2) is 40.5 Å². The Morgan fingerprint density at radius 3 is 3.00 bits per heavy atom. The minimum absolute atomic E-state index is 0.461. The lowest BCUT2D eigenvalue weighted by Gasteiger charge is -2.33. The molecule has 5 nitrogen and oxygen atoms in total. The standard InChI is InChI=1S/C16H22N4OS/c1-12(9-17-16-18-15(11-21-2)19-22-16)20-8-7-13-5-3-4-6-14(13)10-20/h3-6,12H,7-11H2,1-2H3,(H,17,18,19). The summed E-state index contributed by atoms with van der Waals surface area (Å²) in [7, 11) is 1.66. The van der Waals surface area contributed by atoms with Crippen LogP contribution in [0.1, 0.15) is 23.9 Å². The number of aromatic nitrogens is 2. The number of benzene rings is 1. The van der Waals surface area contributed by atoms with Crippen LogP contribution in [0.5, 0.6) is 0 Å². The zero-order chi connectivity index (χ0) is 15.4. The Balaban J connectivity index is 1.53. The molecule has 1 aromatic heterocycles. The fourth-order valence-electron chi connectivity index (χ4n) is 2.77. The Hall–Kier alpha value is -1.50. The minimum Gasteiger partial charge on any atom is -0.377 e. The third-order valence-electron chi connectivity index (χ3n) is 4.07.